The van der Waals surface area contributed by atoms with Crippen molar-refractivity contribution in [3.8, 4) is 0 Å². The smallest absolute Gasteiger partial charge is 0.302 e. The predicted octanol–water partition coefficient (Wildman–Crippen LogP) is 8.85. The molecule has 0 spiro atoms. The maximum Gasteiger partial charge on any atom is 0.302 e. The minimum Gasteiger partial charge on any atom is -0.462 e. The number of amides is 1. The standard InChI is InChI=1S/C39H55NO4/c1-24-12-10-11-13-28(24)40-33(43)36(6)19-18-35(5)20-21-38(8)26(27(35)23-36)22-29(42)32-37(7)16-15-31(44-25(2)41)34(3,4)30(37)14-17-39(32,38)9/h10-13,22,27,30-32H,14-21,23H2,1-9H3,(H,40,43)/t27-,30-,31-,32-,35+,36+,37-,38+,39-/m0/s1. The van der Waals surface area contributed by atoms with Crippen LogP contribution in [-0.2, 0) is 19.1 Å². The first-order chi connectivity index (χ1) is 20.4. The van der Waals surface area contributed by atoms with E-state index in [4.69, 9.17) is 4.74 Å². The number of nitrogens with one attached hydrogen (secondary N) is 1. The van der Waals surface area contributed by atoms with Gasteiger partial charge in [-0.2, -0.15) is 0 Å². The lowest BCUT2D eigenvalue weighted by Crippen LogP contribution is -2.66. The summed E-state index contributed by atoms with van der Waals surface area (Å²) in [5, 5.41) is 3.27. The van der Waals surface area contributed by atoms with Crippen molar-refractivity contribution < 1.29 is 19.1 Å². The van der Waals surface area contributed by atoms with Crippen molar-refractivity contribution in [3.63, 3.8) is 0 Å². The Morgan fingerprint density at radius 1 is 0.886 bits per heavy atom. The normalized spacial score (nSPS) is 44.2. The number of carbonyl (C=O) groups is 3. The van der Waals surface area contributed by atoms with E-state index in [0.29, 0.717) is 11.7 Å². The summed E-state index contributed by atoms with van der Waals surface area (Å²) in [7, 11) is 0. The summed E-state index contributed by atoms with van der Waals surface area (Å²) in [6.45, 7) is 19.9. The average molecular weight is 602 g/mol. The first-order valence-corrected chi connectivity index (χ1v) is 17.2. The Kier molecular flexibility index (Phi) is 7.19. The summed E-state index contributed by atoms with van der Waals surface area (Å²) >= 11 is 0. The Morgan fingerprint density at radius 2 is 1.57 bits per heavy atom. The van der Waals surface area contributed by atoms with Crippen LogP contribution in [0.1, 0.15) is 119 Å². The van der Waals surface area contributed by atoms with E-state index in [9.17, 15) is 14.4 Å². The molecule has 0 unspecified atom stereocenters. The third-order valence-corrected chi connectivity index (χ3v) is 14.8. The molecule has 240 valence electrons. The zero-order valence-corrected chi connectivity index (χ0v) is 28.7. The molecule has 44 heavy (non-hydrogen) atoms. The van der Waals surface area contributed by atoms with E-state index < -0.39 is 5.41 Å². The minimum absolute atomic E-state index is 0.0521. The van der Waals surface area contributed by atoms with Gasteiger partial charge >= 0.3 is 5.97 Å². The number of rotatable bonds is 3. The number of esters is 1. The molecule has 1 aromatic rings. The molecule has 1 aromatic carbocycles. The van der Waals surface area contributed by atoms with Crippen LogP contribution in [0, 0.1) is 57.2 Å². The van der Waals surface area contributed by atoms with Gasteiger partial charge in [-0.05, 0) is 116 Å². The number of ketones is 1. The number of para-hydroxylation sites is 1. The maximum atomic E-state index is 14.7. The van der Waals surface area contributed by atoms with Crippen molar-refractivity contribution in [3.05, 3.63) is 41.5 Å². The van der Waals surface area contributed by atoms with Gasteiger partial charge < -0.3 is 10.1 Å². The van der Waals surface area contributed by atoms with Crippen LogP contribution in [-0.4, -0.2) is 23.8 Å². The van der Waals surface area contributed by atoms with Crippen molar-refractivity contribution in [2.75, 3.05) is 5.32 Å². The van der Waals surface area contributed by atoms with E-state index in [1.807, 2.05) is 31.2 Å². The zero-order valence-electron chi connectivity index (χ0n) is 28.7. The number of hydrogen-bond acceptors (Lipinski definition) is 4. The van der Waals surface area contributed by atoms with Gasteiger partial charge in [0.05, 0.1) is 0 Å². The number of carbonyl (C=O) groups excluding carboxylic acids is 3. The highest BCUT2D eigenvalue weighted by molar-refractivity contribution is 5.97. The van der Waals surface area contributed by atoms with Gasteiger partial charge in [0.1, 0.15) is 6.10 Å². The molecule has 1 N–H and O–H groups in total. The Morgan fingerprint density at radius 3 is 2.25 bits per heavy atom. The Bertz CT molecular complexity index is 1430. The highest BCUT2D eigenvalue weighted by Crippen LogP contribution is 2.75. The van der Waals surface area contributed by atoms with Crippen LogP contribution in [0.25, 0.3) is 0 Å². The molecule has 0 saturated heterocycles. The largest absolute Gasteiger partial charge is 0.462 e. The van der Waals surface area contributed by atoms with Gasteiger partial charge in [0.2, 0.25) is 5.91 Å². The molecule has 4 saturated carbocycles. The van der Waals surface area contributed by atoms with E-state index in [0.717, 1.165) is 69.0 Å². The number of ether oxygens (including phenoxy) is 1. The fourth-order valence-corrected chi connectivity index (χ4v) is 11.8. The fraction of sp³-hybridized carbons (Fsp3) is 0.718. The number of fused-ring (bicyclic) bond motifs is 7. The molecule has 0 radical (unpaired) electrons. The zero-order chi connectivity index (χ0) is 32.1. The van der Waals surface area contributed by atoms with E-state index >= 15 is 0 Å². The molecule has 5 heteroatoms. The van der Waals surface area contributed by atoms with Gasteiger partial charge in [-0.1, -0.05) is 72.2 Å². The summed E-state index contributed by atoms with van der Waals surface area (Å²) in [5.41, 5.74) is 2.32. The predicted molar refractivity (Wildman–Crippen MR) is 175 cm³/mol. The third kappa shape index (κ3) is 4.33. The van der Waals surface area contributed by atoms with Crippen LogP contribution >= 0.6 is 0 Å². The molecule has 9 atom stereocenters. The SMILES string of the molecule is CC(=O)O[C@H]1CC[C@@]2(C)[C@@H](CC[C@@]3(C)[C@H]2C(=O)C=C2[C@@H]4C[C@](C)(C(=O)Nc5ccccc5C)CC[C@]4(C)CC[C@]23C)C1(C)C. The van der Waals surface area contributed by atoms with Gasteiger partial charge in [0.25, 0.3) is 0 Å². The molecule has 0 aliphatic heterocycles. The second-order valence-corrected chi connectivity index (χ2v) is 17.5. The molecule has 0 aromatic heterocycles. The number of aryl methyl sites for hydroxylation is 1. The molecule has 6 rings (SSSR count). The fourth-order valence-electron chi connectivity index (χ4n) is 11.8. The van der Waals surface area contributed by atoms with E-state index in [-0.39, 0.29) is 56.9 Å². The molecule has 0 heterocycles. The average Bonchev–Trinajstić information content (AvgIpc) is 2.93. The molecule has 4 fully saturated rings. The molecular formula is C39H55NO4. The Labute approximate surface area is 265 Å². The highest BCUT2D eigenvalue weighted by atomic mass is 16.5. The summed E-state index contributed by atoms with van der Waals surface area (Å²) < 4.78 is 5.88. The summed E-state index contributed by atoms with van der Waals surface area (Å²) in [6, 6.07) is 8.01. The maximum absolute atomic E-state index is 14.7. The molecule has 5 aliphatic carbocycles. The number of benzene rings is 1. The third-order valence-electron chi connectivity index (χ3n) is 14.8. The first kappa shape index (κ1) is 31.5. The number of anilines is 1. The Balaban J connectivity index is 1.35. The van der Waals surface area contributed by atoms with Gasteiger partial charge in [-0.15, -0.1) is 0 Å². The first-order valence-electron chi connectivity index (χ1n) is 17.2. The van der Waals surface area contributed by atoms with Crippen molar-refractivity contribution in [1.29, 1.82) is 0 Å². The summed E-state index contributed by atoms with van der Waals surface area (Å²) in [5.74, 6) is 0.668. The lowest BCUT2D eigenvalue weighted by Gasteiger charge is -2.70. The topological polar surface area (TPSA) is 72.5 Å². The molecular weight excluding hydrogens is 546 g/mol. The van der Waals surface area contributed by atoms with Gasteiger partial charge in [-0.25, -0.2) is 0 Å². The molecule has 0 bridgehead atoms. The molecule has 5 nitrogen and oxygen atoms in total. The van der Waals surface area contributed by atoms with Crippen molar-refractivity contribution >= 4 is 23.3 Å². The van der Waals surface area contributed by atoms with Crippen LogP contribution in [0.5, 0.6) is 0 Å². The summed E-state index contributed by atoms with van der Waals surface area (Å²) in [6.07, 6.45) is 10.6. The summed E-state index contributed by atoms with van der Waals surface area (Å²) in [4.78, 5) is 40.6. The second kappa shape index (κ2) is 10.0. The minimum atomic E-state index is -0.491. The van der Waals surface area contributed by atoms with Gasteiger partial charge in [0, 0.05) is 29.4 Å². The lowest BCUT2D eigenvalue weighted by atomic mass is 9.33. The molecule has 5 aliphatic rings. The monoisotopic (exact) mass is 601 g/mol. The van der Waals surface area contributed by atoms with E-state index in [1.54, 1.807) is 0 Å². The van der Waals surface area contributed by atoms with E-state index in [2.05, 4.69) is 59.9 Å². The second-order valence-electron chi connectivity index (χ2n) is 17.5. The lowest BCUT2D eigenvalue weighted by molar-refractivity contribution is -0.210. The number of hydrogen-bond donors (Lipinski definition) is 1. The quantitative estimate of drug-likeness (QED) is 0.351. The highest BCUT2D eigenvalue weighted by Gasteiger charge is 2.70. The van der Waals surface area contributed by atoms with E-state index in [1.165, 1.54) is 12.5 Å². The van der Waals surface area contributed by atoms with Crippen LogP contribution in [0.2, 0.25) is 0 Å². The van der Waals surface area contributed by atoms with Crippen LogP contribution in [0.15, 0.2) is 35.9 Å². The van der Waals surface area contributed by atoms with Crippen LogP contribution in [0.3, 0.4) is 0 Å². The van der Waals surface area contributed by atoms with Crippen LogP contribution in [0.4, 0.5) is 5.69 Å². The molecule has 1 amide bonds. The van der Waals surface area contributed by atoms with Crippen LogP contribution < -0.4 is 5.32 Å². The van der Waals surface area contributed by atoms with Gasteiger partial charge in [-0.3, -0.25) is 14.4 Å². The van der Waals surface area contributed by atoms with Gasteiger partial charge in [0.15, 0.2) is 5.78 Å². The van der Waals surface area contributed by atoms with Crippen molar-refractivity contribution in [2.24, 2.45) is 50.2 Å². The Hall–Kier alpha value is -2.43. The van der Waals surface area contributed by atoms with Crippen molar-refractivity contribution in [1.82, 2.24) is 0 Å². The van der Waals surface area contributed by atoms with Crippen molar-refractivity contribution in [2.45, 2.75) is 126 Å². The number of allylic oxidation sites excluding steroid dienone is 2.